The van der Waals surface area contributed by atoms with Crippen LogP contribution in [0.4, 0.5) is 0 Å². The Balaban J connectivity index is 0. The monoisotopic (exact) mass is 144 g/mol. The van der Waals surface area contributed by atoms with Gasteiger partial charge in [0.2, 0.25) is 0 Å². The van der Waals surface area contributed by atoms with Gasteiger partial charge in [-0.05, 0) is 0 Å². The van der Waals surface area contributed by atoms with Crippen LogP contribution >= 0.6 is 0 Å². The Morgan fingerprint density at radius 1 is 1.14 bits per heavy atom. The van der Waals surface area contributed by atoms with Gasteiger partial charge in [0.15, 0.2) is 0 Å². The van der Waals surface area contributed by atoms with Gasteiger partial charge in [0, 0.05) is 0 Å². The fraction of sp³-hybridized carbons (Fsp3) is 1.00. The molecule has 0 aliphatic carbocycles. The van der Waals surface area contributed by atoms with Gasteiger partial charge < -0.3 is 10.2 Å². The summed E-state index contributed by atoms with van der Waals surface area (Å²) in [5.41, 5.74) is 0. The molecule has 0 aromatic carbocycles. The Morgan fingerprint density at radius 3 is 1.29 bits per heavy atom. The van der Waals surface area contributed by atoms with E-state index in [1.54, 1.807) is 0 Å². The van der Waals surface area contributed by atoms with Crippen molar-refractivity contribution < 1.29 is 20.0 Å². The van der Waals surface area contributed by atoms with Crippen molar-refractivity contribution >= 4 is 74.4 Å². The SMILES string of the molecule is OC1(O)OO1.[KH].[MgH2]. The maximum atomic E-state index is 7.74. The average Bonchev–Trinajstić information content (AvgIpc) is 1.76. The van der Waals surface area contributed by atoms with Crippen LogP contribution in [0.15, 0.2) is 0 Å². The molecule has 6 heteroatoms. The third kappa shape index (κ3) is 6.12. The van der Waals surface area contributed by atoms with Crippen LogP contribution in [-0.2, 0) is 9.78 Å². The summed E-state index contributed by atoms with van der Waals surface area (Å²) in [6, 6.07) is 0. The molecule has 7 heavy (non-hydrogen) atoms. The molecular weight excluding hydrogens is 139 g/mol. The van der Waals surface area contributed by atoms with E-state index in [0.29, 0.717) is 0 Å². The summed E-state index contributed by atoms with van der Waals surface area (Å²) < 4.78 is 0. The Labute approximate surface area is 98.7 Å². The van der Waals surface area contributed by atoms with E-state index in [-0.39, 0.29) is 74.4 Å². The van der Waals surface area contributed by atoms with E-state index < -0.39 is 6.16 Å². The van der Waals surface area contributed by atoms with Crippen LogP contribution in [0.25, 0.3) is 0 Å². The molecule has 0 bridgehead atoms. The molecule has 1 rings (SSSR count). The van der Waals surface area contributed by atoms with Gasteiger partial charge >= 0.3 is 80.6 Å². The fourth-order valence-electron chi connectivity index (χ4n) is 0.0373. The molecule has 1 heterocycles. The summed E-state index contributed by atoms with van der Waals surface area (Å²) in [5.74, 6) is 0. The quantitative estimate of drug-likeness (QED) is 0.164. The van der Waals surface area contributed by atoms with Crippen LogP contribution in [0.2, 0.25) is 0 Å². The van der Waals surface area contributed by atoms with Gasteiger partial charge in [-0.1, -0.05) is 0 Å². The summed E-state index contributed by atoms with van der Waals surface area (Å²) in [6.45, 7) is 0. The Bertz CT molecular complexity index is 49.7. The van der Waals surface area contributed by atoms with Crippen molar-refractivity contribution in [1.29, 1.82) is 0 Å². The molecule has 1 saturated heterocycles. The third-order valence-electron chi connectivity index (χ3n) is 0.232. The van der Waals surface area contributed by atoms with Crippen molar-refractivity contribution in [3.63, 3.8) is 0 Å². The van der Waals surface area contributed by atoms with E-state index in [1.165, 1.54) is 0 Å². The molecule has 0 aromatic heterocycles. The molecular formula is CH5KMgO4. The van der Waals surface area contributed by atoms with E-state index in [1.807, 2.05) is 0 Å². The predicted molar refractivity (Wildman–Crippen MR) is 25.0 cm³/mol. The number of rotatable bonds is 0. The van der Waals surface area contributed by atoms with E-state index in [2.05, 4.69) is 9.78 Å². The first-order valence-corrected chi connectivity index (χ1v) is 1.02. The Kier molecular flexibility index (Phi) is 7.05. The fourth-order valence-corrected chi connectivity index (χ4v) is 0.0373. The summed E-state index contributed by atoms with van der Waals surface area (Å²) in [4.78, 5) is 7.01. The largest absolute Gasteiger partial charge is 0.316 e. The van der Waals surface area contributed by atoms with Gasteiger partial charge in [0.1, 0.15) is 0 Å². The van der Waals surface area contributed by atoms with Crippen LogP contribution < -0.4 is 0 Å². The van der Waals surface area contributed by atoms with Crippen molar-refractivity contribution in [2.45, 2.75) is 6.16 Å². The maximum absolute atomic E-state index is 7.74. The van der Waals surface area contributed by atoms with Crippen molar-refractivity contribution in [3.8, 4) is 0 Å². The number of hydrogen-bond donors (Lipinski definition) is 2. The second kappa shape index (κ2) is 4.12. The molecule has 0 amide bonds. The van der Waals surface area contributed by atoms with Crippen LogP contribution in [0.3, 0.4) is 0 Å². The van der Waals surface area contributed by atoms with Gasteiger partial charge in [-0.15, -0.1) is 9.78 Å². The Hall–Kier alpha value is 2.24. The first-order valence-electron chi connectivity index (χ1n) is 1.02. The summed E-state index contributed by atoms with van der Waals surface area (Å²) in [7, 11) is 0. The molecule has 2 N–H and O–H groups in total. The predicted octanol–water partition coefficient (Wildman–Crippen LogP) is -3.02. The minimum atomic E-state index is -2.25. The topological polar surface area (TPSA) is 65.5 Å². The van der Waals surface area contributed by atoms with Gasteiger partial charge in [0.05, 0.1) is 0 Å². The zero-order chi connectivity index (χ0) is 3.91. The maximum Gasteiger partial charge on any atom is 0.316 e. The number of hydrogen-bond acceptors (Lipinski definition) is 4. The summed E-state index contributed by atoms with van der Waals surface area (Å²) in [5, 5.41) is 15.5. The summed E-state index contributed by atoms with van der Waals surface area (Å²) in [6.07, 6.45) is -2.25. The zero-order valence-corrected chi connectivity index (χ0v) is 2.21. The minimum Gasteiger partial charge on any atom is 0.316 e. The van der Waals surface area contributed by atoms with Crippen LogP contribution in [0, 0.1) is 0 Å². The van der Waals surface area contributed by atoms with Crippen molar-refractivity contribution in [3.05, 3.63) is 0 Å². The van der Waals surface area contributed by atoms with E-state index in [0.717, 1.165) is 0 Å². The van der Waals surface area contributed by atoms with Crippen molar-refractivity contribution in [2.75, 3.05) is 0 Å². The smallest absolute Gasteiger partial charge is 0.316 e. The van der Waals surface area contributed by atoms with Crippen LogP contribution in [0.5, 0.6) is 0 Å². The number of aliphatic hydroxyl groups is 2. The molecule has 0 saturated carbocycles. The molecule has 1 aliphatic heterocycles. The van der Waals surface area contributed by atoms with E-state index in [4.69, 9.17) is 10.2 Å². The van der Waals surface area contributed by atoms with Gasteiger partial charge in [-0.25, -0.2) is 0 Å². The Morgan fingerprint density at radius 2 is 1.29 bits per heavy atom. The normalized spacial score (nSPS) is 21.4. The summed E-state index contributed by atoms with van der Waals surface area (Å²) >= 11 is 0. The molecule has 1 fully saturated rings. The molecule has 1 aliphatic rings. The first-order chi connectivity index (χ1) is 2.21. The van der Waals surface area contributed by atoms with Gasteiger partial charge in [-0.3, -0.25) is 0 Å². The third-order valence-corrected chi connectivity index (χ3v) is 0.232. The molecule has 4 nitrogen and oxygen atoms in total. The molecule has 0 radical (unpaired) electrons. The first kappa shape index (κ1) is 12.0. The molecule has 0 spiro atoms. The van der Waals surface area contributed by atoms with Crippen LogP contribution in [-0.4, -0.2) is 90.8 Å². The molecule has 0 aromatic rings. The van der Waals surface area contributed by atoms with Crippen LogP contribution in [0.1, 0.15) is 0 Å². The molecule has 0 atom stereocenters. The minimum absolute atomic E-state index is 0. The second-order valence-corrected chi connectivity index (χ2v) is 0.715. The van der Waals surface area contributed by atoms with Gasteiger partial charge in [0.25, 0.3) is 0 Å². The zero-order valence-electron chi connectivity index (χ0n) is 2.21. The van der Waals surface area contributed by atoms with Crippen molar-refractivity contribution in [1.82, 2.24) is 0 Å². The average molecular weight is 144 g/mol. The second-order valence-electron chi connectivity index (χ2n) is 0.715. The van der Waals surface area contributed by atoms with E-state index in [9.17, 15) is 0 Å². The molecule has 36 valence electrons. The molecule has 0 unspecified atom stereocenters. The standard InChI is InChI=1S/CH2O4.K.Mg.3H/c2-1(3)4-5-1;;;;;/h2-3H;;;;;. The van der Waals surface area contributed by atoms with Gasteiger partial charge in [-0.2, -0.15) is 0 Å². The van der Waals surface area contributed by atoms with Crippen molar-refractivity contribution in [2.24, 2.45) is 0 Å². The van der Waals surface area contributed by atoms with E-state index >= 15 is 0 Å².